The van der Waals surface area contributed by atoms with Gasteiger partial charge in [-0.05, 0) is 36.8 Å². The fourth-order valence-electron chi connectivity index (χ4n) is 4.08. The average molecular weight is 487 g/mol. The molecule has 1 aliphatic rings. The van der Waals surface area contributed by atoms with Crippen LogP contribution in [0.2, 0.25) is 0 Å². The number of nitrogens with zero attached hydrogens (tertiary/aromatic N) is 2. The second-order valence-corrected chi connectivity index (χ2v) is 8.92. The summed E-state index contributed by atoms with van der Waals surface area (Å²) in [6, 6.07) is 18.4. The Morgan fingerprint density at radius 3 is 1.86 bits per heavy atom. The quantitative estimate of drug-likeness (QED) is 0.330. The third-order valence-electron chi connectivity index (χ3n) is 5.85. The van der Waals surface area contributed by atoms with Crippen molar-refractivity contribution in [3.8, 4) is 38.9 Å². The van der Waals surface area contributed by atoms with Gasteiger partial charge in [-0.3, -0.25) is 9.59 Å². The van der Waals surface area contributed by atoms with Crippen LogP contribution in [0.15, 0.2) is 60.7 Å². The number of carbonyl (C=O) groups excluding carboxylic acids is 2. The van der Waals surface area contributed by atoms with Gasteiger partial charge in [0.15, 0.2) is 11.5 Å². The number of aromatic nitrogens is 1. The van der Waals surface area contributed by atoms with E-state index >= 15 is 0 Å². The molecule has 0 saturated carbocycles. The van der Waals surface area contributed by atoms with Crippen LogP contribution in [0.25, 0.3) is 21.7 Å². The number of methoxy groups -OCH3 is 3. The van der Waals surface area contributed by atoms with Gasteiger partial charge in [0.1, 0.15) is 0 Å². The van der Waals surface area contributed by atoms with Gasteiger partial charge in [-0.15, -0.1) is 0 Å². The smallest absolute Gasteiger partial charge is 0.268 e. The minimum Gasteiger partial charge on any atom is -0.493 e. The first kappa shape index (κ1) is 22.6. The third-order valence-corrected chi connectivity index (χ3v) is 6.94. The molecule has 35 heavy (non-hydrogen) atoms. The molecular formula is C27H22N2O5S. The molecule has 0 atom stereocenters. The van der Waals surface area contributed by atoms with Gasteiger partial charge in [0.05, 0.1) is 43.0 Å². The van der Waals surface area contributed by atoms with Gasteiger partial charge < -0.3 is 14.2 Å². The van der Waals surface area contributed by atoms with E-state index < -0.39 is 0 Å². The molecule has 2 amide bonds. The number of hydrogen-bond donors (Lipinski definition) is 0. The number of benzene rings is 3. The standard InChI is InChI=1S/C27H22N2O5S/c1-15-9-11-16(12-10-15)24-22(17-13-20(32-2)23(34-4)21(14-17)33-3)28-27(35-24)29-25(30)18-7-5-6-8-19(18)26(29)31/h5-14H,1-4H3. The summed E-state index contributed by atoms with van der Waals surface area (Å²) >= 11 is 1.29. The first-order valence-electron chi connectivity index (χ1n) is 10.8. The fourth-order valence-corrected chi connectivity index (χ4v) is 5.17. The minimum absolute atomic E-state index is 0.301. The van der Waals surface area contributed by atoms with Crippen molar-refractivity contribution in [1.82, 2.24) is 4.98 Å². The molecule has 0 unspecified atom stereocenters. The molecule has 0 spiro atoms. The number of fused-ring (bicyclic) bond motifs is 1. The van der Waals surface area contributed by atoms with Crippen LogP contribution in [-0.4, -0.2) is 38.1 Å². The Labute approximate surface area is 206 Å². The first-order valence-corrected chi connectivity index (χ1v) is 11.6. The number of carbonyl (C=O) groups is 2. The maximum atomic E-state index is 13.1. The number of ether oxygens (including phenoxy) is 3. The summed E-state index contributed by atoms with van der Waals surface area (Å²) in [6.07, 6.45) is 0. The van der Waals surface area contributed by atoms with E-state index in [9.17, 15) is 9.59 Å². The lowest BCUT2D eigenvalue weighted by Gasteiger charge is -2.14. The van der Waals surface area contributed by atoms with Gasteiger partial charge >= 0.3 is 0 Å². The summed E-state index contributed by atoms with van der Waals surface area (Å²) in [5.74, 6) is 0.655. The van der Waals surface area contributed by atoms with Crippen molar-refractivity contribution in [2.45, 2.75) is 6.92 Å². The van der Waals surface area contributed by atoms with Crippen LogP contribution in [-0.2, 0) is 0 Å². The van der Waals surface area contributed by atoms with Crippen LogP contribution >= 0.6 is 11.3 Å². The summed E-state index contributed by atoms with van der Waals surface area (Å²) in [5.41, 5.74) is 4.09. The molecule has 3 aromatic carbocycles. The summed E-state index contributed by atoms with van der Waals surface area (Å²) in [6.45, 7) is 2.01. The number of amides is 2. The van der Waals surface area contributed by atoms with E-state index in [1.807, 2.05) is 31.2 Å². The molecule has 176 valence electrons. The predicted octanol–water partition coefficient (Wildman–Crippen LogP) is 5.61. The number of imide groups is 1. The van der Waals surface area contributed by atoms with Crippen molar-refractivity contribution < 1.29 is 23.8 Å². The van der Waals surface area contributed by atoms with Crippen LogP contribution in [0.3, 0.4) is 0 Å². The largest absolute Gasteiger partial charge is 0.493 e. The van der Waals surface area contributed by atoms with Crippen LogP contribution < -0.4 is 19.1 Å². The zero-order valence-corrected chi connectivity index (χ0v) is 20.4. The molecular weight excluding hydrogens is 464 g/mol. The molecule has 4 aromatic rings. The van der Waals surface area contributed by atoms with Crippen LogP contribution in [0.4, 0.5) is 5.13 Å². The molecule has 8 heteroatoms. The number of aryl methyl sites for hydroxylation is 1. The highest BCUT2D eigenvalue weighted by atomic mass is 32.1. The molecule has 0 aliphatic carbocycles. The van der Waals surface area contributed by atoms with E-state index in [1.54, 1.807) is 57.7 Å². The molecule has 2 heterocycles. The van der Waals surface area contributed by atoms with Crippen molar-refractivity contribution in [3.05, 3.63) is 77.4 Å². The van der Waals surface area contributed by atoms with Crippen LogP contribution in [0.5, 0.6) is 17.2 Å². The Kier molecular flexibility index (Phi) is 5.74. The van der Waals surface area contributed by atoms with Crippen LogP contribution in [0.1, 0.15) is 26.3 Å². The second-order valence-electron chi connectivity index (χ2n) is 7.95. The zero-order chi connectivity index (χ0) is 24.7. The number of thiazole rings is 1. The summed E-state index contributed by atoms with van der Waals surface area (Å²) in [7, 11) is 4.64. The Balaban J connectivity index is 1.71. The van der Waals surface area contributed by atoms with E-state index in [2.05, 4.69) is 0 Å². The topological polar surface area (TPSA) is 78.0 Å². The summed E-state index contributed by atoms with van der Waals surface area (Å²) < 4.78 is 16.5. The van der Waals surface area contributed by atoms with Crippen LogP contribution in [0, 0.1) is 6.92 Å². The maximum absolute atomic E-state index is 13.1. The summed E-state index contributed by atoms with van der Waals surface area (Å²) in [4.78, 5) is 33.1. The van der Waals surface area contributed by atoms with E-state index in [4.69, 9.17) is 19.2 Å². The van der Waals surface area contributed by atoms with Crippen molar-refractivity contribution in [3.63, 3.8) is 0 Å². The van der Waals surface area contributed by atoms with E-state index in [-0.39, 0.29) is 11.8 Å². The van der Waals surface area contributed by atoms with Gasteiger partial charge in [-0.25, -0.2) is 9.88 Å². The Morgan fingerprint density at radius 1 is 0.771 bits per heavy atom. The molecule has 1 aliphatic heterocycles. The predicted molar refractivity (Wildman–Crippen MR) is 135 cm³/mol. The molecule has 0 fully saturated rings. The highest BCUT2D eigenvalue weighted by Gasteiger charge is 2.39. The SMILES string of the molecule is COc1cc(-c2nc(N3C(=O)c4ccccc4C3=O)sc2-c2ccc(C)cc2)cc(OC)c1OC. The van der Waals surface area contributed by atoms with Gasteiger partial charge in [-0.2, -0.15) is 0 Å². The van der Waals surface area contributed by atoms with Gasteiger partial charge in [0.25, 0.3) is 11.8 Å². The molecule has 0 bridgehead atoms. The Hall–Kier alpha value is -4.17. The highest BCUT2D eigenvalue weighted by Crippen LogP contribution is 2.46. The van der Waals surface area contributed by atoms with Crippen molar-refractivity contribution in [1.29, 1.82) is 0 Å². The lowest BCUT2D eigenvalue weighted by Crippen LogP contribution is -2.29. The number of anilines is 1. The molecule has 0 N–H and O–H groups in total. The van der Waals surface area contributed by atoms with Gasteiger partial charge in [-0.1, -0.05) is 53.3 Å². The van der Waals surface area contributed by atoms with E-state index in [0.717, 1.165) is 20.9 Å². The Morgan fingerprint density at radius 2 is 1.34 bits per heavy atom. The number of rotatable bonds is 6. The molecule has 7 nitrogen and oxygen atoms in total. The second kappa shape index (κ2) is 8.88. The maximum Gasteiger partial charge on any atom is 0.268 e. The van der Waals surface area contributed by atoms with Crippen molar-refractivity contribution in [2.75, 3.05) is 26.2 Å². The third kappa shape index (κ3) is 3.72. The van der Waals surface area contributed by atoms with E-state index in [0.29, 0.717) is 44.8 Å². The average Bonchev–Trinajstić information content (AvgIpc) is 3.42. The lowest BCUT2D eigenvalue weighted by atomic mass is 10.0. The molecule has 1 aromatic heterocycles. The van der Waals surface area contributed by atoms with Gasteiger partial charge in [0.2, 0.25) is 10.9 Å². The normalized spacial score (nSPS) is 12.6. The monoisotopic (exact) mass is 486 g/mol. The Bertz CT molecular complexity index is 1400. The first-order chi connectivity index (χ1) is 17.0. The number of hydrogen-bond acceptors (Lipinski definition) is 7. The molecule has 0 radical (unpaired) electrons. The van der Waals surface area contributed by atoms with Crippen molar-refractivity contribution >= 4 is 28.3 Å². The highest BCUT2D eigenvalue weighted by molar-refractivity contribution is 7.20. The van der Waals surface area contributed by atoms with Crippen molar-refractivity contribution in [2.24, 2.45) is 0 Å². The molecule has 5 rings (SSSR count). The fraction of sp³-hybridized carbons (Fsp3) is 0.148. The minimum atomic E-state index is -0.383. The zero-order valence-electron chi connectivity index (χ0n) is 19.6. The molecule has 0 saturated heterocycles. The lowest BCUT2D eigenvalue weighted by molar-refractivity contribution is 0.0926. The summed E-state index contributed by atoms with van der Waals surface area (Å²) in [5, 5.41) is 0.301. The van der Waals surface area contributed by atoms with E-state index in [1.165, 1.54) is 11.3 Å². The van der Waals surface area contributed by atoms with Gasteiger partial charge in [0, 0.05) is 5.56 Å².